The average molecular weight is 431 g/mol. The van der Waals surface area contributed by atoms with Crippen LogP contribution in [0.1, 0.15) is 73.1 Å². The Labute approximate surface area is 184 Å². The second-order valence-electron chi connectivity index (χ2n) is 11.5. The van der Waals surface area contributed by atoms with Crippen LogP contribution in [0, 0.1) is 22.7 Å². The van der Waals surface area contributed by atoms with Crippen molar-refractivity contribution in [3.05, 3.63) is 23.5 Å². The lowest BCUT2D eigenvalue weighted by Gasteiger charge is -2.59. The topological polar surface area (TPSA) is 85.4 Å². The lowest BCUT2D eigenvalue weighted by Crippen LogP contribution is -2.61. The summed E-state index contributed by atoms with van der Waals surface area (Å²) in [5.41, 5.74) is -0.978. The maximum absolute atomic E-state index is 12.7. The molecule has 3 aliphatic heterocycles. The Kier molecular flexibility index (Phi) is 4.41. The van der Waals surface area contributed by atoms with E-state index in [2.05, 4.69) is 20.8 Å². The Morgan fingerprint density at radius 3 is 2.61 bits per heavy atom. The summed E-state index contributed by atoms with van der Waals surface area (Å²) in [6.45, 7) is 10.2. The van der Waals surface area contributed by atoms with Crippen LogP contribution < -0.4 is 0 Å². The van der Waals surface area contributed by atoms with E-state index >= 15 is 0 Å². The minimum atomic E-state index is -0.891. The first-order valence-electron chi connectivity index (χ1n) is 11.6. The number of ether oxygens (including phenoxy) is 3. The third kappa shape index (κ3) is 3.05. The molecule has 0 spiro atoms. The van der Waals surface area contributed by atoms with Gasteiger partial charge in [0.05, 0.1) is 16.6 Å². The fourth-order valence-corrected chi connectivity index (χ4v) is 7.60. The van der Waals surface area contributed by atoms with Crippen molar-refractivity contribution in [3.8, 4) is 0 Å². The Morgan fingerprint density at radius 2 is 1.94 bits per heavy atom. The first-order chi connectivity index (χ1) is 14.4. The molecule has 0 aromatic heterocycles. The molecule has 5 rings (SSSR count). The summed E-state index contributed by atoms with van der Waals surface area (Å²) in [6, 6.07) is 0. The molecule has 0 amide bonds. The molecule has 0 aromatic carbocycles. The van der Waals surface area contributed by atoms with Gasteiger partial charge in [-0.1, -0.05) is 13.3 Å². The number of allylic oxidation sites excluding steroid dienone is 1. The smallest absolute Gasteiger partial charge is 0.336 e. The van der Waals surface area contributed by atoms with Gasteiger partial charge in [0.2, 0.25) is 0 Å². The Bertz CT molecular complexity index is 902. The number of epoxide rings is 1. The van der Waals surface area contributed by atoms with E-state index in [0.717, 1.165) is 37.7 Å². The summed E-state index contributed by atoms with van der Waals surface area (Å²) in [5.74, 6) is 0.394. The number of rotatable bonds is 4. The van der Waals surface area contributed by atoms with E-state index < -0.39 is 11.0 Å². The molecule has 2 aliphatic carbocycles. The zero-order valence-electron chi connectivity index (χ0n) is 19.2. The average Bonchev–Trinajstić information content (AvgIpc) is 3.03. The normalized spacial score (nSPS) is 51.9. The monoisotopic (exact) mass is 430 g/mol. The van der Waals surface area contributed by atoms with E-state index in [4.69, 9.17) is 14.2 Å². The van der Waals surface area contributed by atoms with Gasteiger partial charge in [0.15, 0.2) is 0 Å². The summed E-state index contributed by atoms with van der Waals surface area (Å²) < 4.78 is 17.1. The minimum Gasteiger partial charge on any atom is -0.461 e. The molecular formula is C25H34O6. The lowest BCUT2D eigenvalue weighted by atomic mass is 9.44. The predicted octanol–water partition coefficient (Wildman–Crippen LogP) is 3.82. The lowest BCUT2D eigenvalue weighted by molar-refractivity contribution is -0.182. The molecule has 170 valence electrons. The summed E-state index contributed by atoms with van der Waals surface area (Å²) in [6.07, 6.45) is 8.10. The molecule has 8 atom stereocenters. The Balaban J connectivity index is 1.35. The van der Waals surface area contributed by atoms with E-state index in [1.807, 2.05) is 19.9 Å². The van der Waals surface area contributed by atoms with Crippen LogP contribution in [-0.4, -0.2) is 40.5 Å². The molecule has 2 saturated heterocycles. The maximum atomic E-state index is 12.7. The molecule has 5 aliphatic rings. The van der Waals surface area contributed by atoms with Crippen molar-refractivity contribution in [2.45, 2.75) is 96.6 Å². The van der Waals surface area contributed by atoms with Gasteiger partial charge in [0.1, 0.15) is 18.0 Å². The van der Waals surface area contributed by atoms with Gasteiger partial charge < -0.3 is 19.3 Å². The first kappa shape index (κ1) is 21.2. The molecule has 2 saturated carbocycles. The van der Waals surface area contributed by atoms with Crippen LogP contribution >= 0.6 is 0 Å². The SMILES string of the molecule is CC1=CC(=O)O/C1=C\[C@@H]1O[C@]1(C)CC[C@@H]1[C@@]2(C)CCC[C@@]3(C)C(=O)O[C@@H](C[C@@]1(C)O)[C@H]23. The van der Waals surface area contributed by atoms with Gasteiger partial charge in [-0.25, -0.2) is 4.79 Å². The quantitative estimate of drug-likeness (QED) is 0.539. The van der Waals surface area contributed by atoms with Crippen molar-refractivity contribution >= 4 is 11.9 Å². The zero-order valence-corrected chi connectivity index (χ0v) is 19.2. The number of carbonyl (C=O) groups is 2. The summed E-state index contributed by atoms with van der Waals surface area (Å²) in [4.78, 5) is 24.2. The van der Waals surface area contributed by atoms with Crippen molar-refractivity contribution < 1.29 is 28.9 Å². The number of esters is 2. The van der Waals surface area contributed by atoms with Gasteiger partial charge in [-0.3, -0.25) is 4.79 Å². The fraction of sp³-hybridized carbons (Fsp3) is 0.760. The fourth-order valence-electron chi connectivity index (χ4n) is 7.60. The molecule has 1 N–H and O–H groups in total. The van der Waals surface area contributed by atoms with Gasteiger partial charge in [-0.15, -0.1) is 0 Å². The third-order valence-electron chi connectivity index (χ3n) is 9.17. The van der Waals surface area contributed by atoms with Gasteiger partial charge in [0.25, 0.3) is 0 Å². The van der Waals surface area contributed by atoms with Crippen LogP contribution in [0.5, 0.6) is 0 Å². The molecule has 31 heavy (non-hydrogen) atoms. The first-order valence-corrected chi connectivity index (χ1v) is 11.6. The molecule has 4 fully saturated rings. The van der Waals surface area contributed by atoms with Crippen molar-refractivity contribution in [2.24, 2.45) is 22.7 Å². The molecule has 3 heterocycles. The minimum absolute atomic E-state index is 0.0654. The van der Waals surface area contributed by atoms with Crippen molar-refractivity contribution in [1.29, 1.82) is 0 Å². The Morgan fingerprint density at radius 1 is 1.19 bits per heavy atom. The number of hydrogen-bond donors (Lipinski definition) is 1. The predicted molar refractivity (Wildman–Crippen MR) is 113 cm³/mol. The largest absolute Gasteiger partial charge is 0.461 e. The van der Waals surface area contributed by atoms with E-state index in [-0.39, 0.29) is 47.0 Å². The Hall–Kier alpha value is -1.66. The van der Waals surface area contributed by atoms with E-state index in [9.17, 15) is 14.7 Å². The second-order valence-corrected chi connectivity index (χ2v) is 11.5. The molecule has 0 aromatic rings. The number of carbonyl (C=O) groups excluding carboxylic acids is 2. The van der Waals surface area contributed by atoms with Crippen molar-refractivity contribution in [3.63, 3.8) is 0 Å². The van der Waals surface area contributed by atoms with Crippen molar-refractivity contribution in [2.75, 3.05) is 0 Å². The molecule has 6 nitrogen and oxygen atoms in total. The number of aliphatic hydroxyl groups is 1. The van der Waals surface area contributed by atoms with Crippen LogP contribution in [0.3, 0.4) is 0 Å². The van der Waals surface area contributed by atoms with E-state index in [1.165, 1.54) is 6.08 Å². The number of hydrogen-bond acceptors (Lipinski definition) is 6. The standard InChI is InChI=1S/C25H34O6/c1-14-11-19(26)29-15(14)12-18-25(5,31-18)10-7-17-22(2)8-6-9-23(3)20(22)16(30-21(23)27)13-24(17,4)28/h11-12,16-18,20,28H,6-10,13H2,1-5H3/b15-12-/t16-,17+,18-,20+,22+,23+,24+,25+/m0/s1. The molecule has 6 heteroatoms. The van der Waals surface area contributed by atoms with E-state index in [0.29, 0.717) is 12.2 Å². The van der Waals surface area contributed by atoms with Gasteiger partial charge in [-0.05, 0) is 76.4 Å². The zero-order chi connectivity index (χ0) is 22.4. The van der Waals surface area contributed by atoms with Gasteiger partial charge >= 0.3 is 11.9 Å². The molecule has 0 radical (unpaired) electrons. The highest BCUT2D eigenvalue weighted by molar-refractivity contribution is 5.88. The highest BCUT2D eigenvalue weighted by atomic mass is 16.6. The van der Waals surface area contributed by atoms with Crippen LogP contribution in [-0.2, 0) is 23.8 Å². The van der Waals surface area contributed by atoms with Gasteiger partial charge in [-0.2, -0.15) is 0 Å². The summed E-state index contributed by atoms with van der Waals surface area (Å²) >= 11 is 0. The van der Waals surface area contributed by atoms with Crippen LogP contribution in [0.4, 0.5) is 0 Å². The van der Waals surface area contributed by atoms with Crippen LogP contribution in [0.2, 0.25) is 0 Å². The molecule has 0 bridgehead atoms. The van der Waals surface area contributed by atoms with Gasteiger partial charge in [0, 0.05) is 18.4 Å². The van der Waals surface area contributed by atoms with Crippen molar-refractivity contribution in [1.82, 2.24) is 0 Å². The summed E-state index contributed by atoms with van der Waals surface area (Å²) in [7, 11) is 0. The highest BCUT2D eigenvalue weighted by Gasteiger charge is 2.69. The van der Waals surface area contributed by atoms with Crippen LogP contribution in [0.25, 0.3) is 0 Å². The molecule has 0 unspecified atom stereocenters. The van der Waals surface area contributed by atoms with E-state index in [1.54, 1.807) is 0 Å². The number of cyclic esters (lactones) is 1. The van der Waals surface area contributed by atoms with Crippen LogP contribution in [0.15, 0.2) is 23.5 Å². The maximum Gasteiger partial charge on any atom is 0.336 e. The second kappa shape index (κ2) is 6.44. The highest BCUT2D eigenvalue weighted by Crippen LogP contribution is 2.66. The summed E-state index contributed by atoms with van der Waals surface area (Å²) in [5, 5.41) is 11.5. The third-order valence-corrected chi connectivity index (χ3v) is 9.17. The molecular weight excluding hydrogens is 396 g/mol.